The predicted molar refractivity (Wildman–Crippen MR) is 138 cm³/mol. The standard InChI is InChI=1S/C28H32N2O4S/c1-21-8-10-23(11-9-21)34-20-25-24-13-17-35-26(24)12-14-30(25)28(32)19-29(15-16-33-2)27(31)18-22-6-4-3-5-7-22/h3-11,13,17,25H,12,14-16,18-20H2,1-2H3/t25-/m1/s1. The monoisotopic (exact) mass is 492 g/mol. The maximum Gasteiger partial charge on any atom is 0.242 e. The summed E-state index contributed by atoms with van der Waals surface area (Å²) in [7, 11) is 1.60. The number of hydrogen-bond acceptors (Lipinski definition) is 5. The van der Waals surface area contributed by atoms with Gasteiger partial charge in [-0.1, -0.05) is 48.0 Å². The fourth-order valence-corrected chi connectivity index (χ4v) is 5.24. The molecule has 0 radical (unpaired) electrons. The Morgan fingerprint density at radius 3 is 2.60 bits per heavy atom. The number of thiophene rings is 1. The van der Waals surface area contributed by atoms with Crippen LogP contribution in [0.25, 0.3) is 0 Å². The molecule has 2 amide bonds. The number of hydrogen-bond donors (Lipinski definition) is 0. The van der Waals surface area contributed by atoms with Crippen molar-refractivity contribution in [2.75, 3.05) is 40.0 Å². The molecule has 1 aliphatic heterocycles. The Morgan fingerprint density at radius 2 is 1.86 bits per heavy atom. The van der Waals surface area contributed by atoms with Crippen molar-refractivity contribution in [1.82, 2.24) is 9.80 Å². The number of ether oxygens (including phenoxy) is 2. The van der Waals surface area contributed by atoms with Gasteiger partial charge in [0, 0.05) is 25.1 Å². The van der Waals surface area contributed by atoms with Gasteiger partial charge in [0.25, 0.3) is 0 Å². The first-order chi connectivity index (χ1) is 17.0. The molecule has 184 valence electrons. The summed E-state index contributed by atoms with van der Waals surface area (Å²) >= 11 is 1.72. The van der Waals surface area contributed by atoms with Crippen molar-refractivity contribution in [2.45, 2.75) is 25.8 Å². The largest absolute Gasteiger partial charge is 0.491 e. The topological polar surface area (TPSA) is 59.1 Å². The number of nitrogens with zero attached hydrogens (tertiary/aromatic N) is 2. The van der Waals surface area contributed by atoms with E-state index in [0.29, 0.717) is 26.3 Å². The molecule has 1 aromatic heterocycles. The van der Waals surface area contributed by atoms with Crippen molar-refractivity contribution < 1.29 is 19.1 Å². The zero-order chi connectivity index (χ0) is 24.6. The van der Waals surface area contributed by atoms with Crippen molar-refractivity contribution >= 4 is 23.2 Å². The molecule has 0 spiro atoms. The molecule has 2 heterocycles. The summed E-state index contributed by atoms with van der Waals surface area (Å²) in [6, 6.07) is 19.4. The highest BCUT2D eigenvalue weighted by molar-refractivity contribution is 7.10. The predicted octanol–water partition coefficient (Wildman–Crippen LogP) is 4.28. The Balaban J connectivity index is 1.48. The SMILES string of the molecule is COCCN(CC(=O)N1CCc2sccc2[C@H]1COc1ccc(C)cc1)C(=O)Cc1ccccc1. The van der Waals surface area contributed by atoms with Gasteiger partial charge in [-0.2, -0.15) is 0 Å². The third kappa shape index (κ3) is 6.50. The molecule has 0 saturated carbocycles. The van der Waals surface area contributed by atoms with Crippen LogP contribution < -0.4 is 4.74 Å². The van der Waals surface area contributed by atoms with Gasteiger partial charge in [0.15, 0.2) is 0 Å². The van der Waals surface area contributed by atoms with Crippen LogP contribution in [0.2, 0.25) is 0 Å². The average Bonchev–Trinajstić information content (AvgIpc) is 3.35. The number of carbonyl (C=O) groups excluding carboxylic acids is 2. The molecule has 7 heteroatoms. The van der Waals surface area contributed by atoms with Gasteiger partial charge in [0.2, 0.25) is 11.8 Å². The van der Waals surface area contributed by atoms with Crippen LogP contribution in [0.1, 0.15) is 27.6 Å². The molecule has 0 fully saturated rings. The van der Waals surface area contributed by atoms with Crippen LogP contribution in [0.15, 0.2) is 66.0 Å². The Morgan fingerprint density at radius 1 is 1.09 bits per heavy atom. The molecule has 0 aliphatic carbocycles. The van der Waals surface area contributed by atoms with E-state index in [0.717, 1.165) is 23.3 Å². The van der Waals surface area contributed by atoms with Gasteiger partial charge in [-0.05, 0) is 48.1 Å². The summed E-state index contributed by atoms with van der Waals surface area (Å²) in [5, 5.41) is 2.08. The van der Waals surface area contributed by atoms with Gasteiger partial charge in [0.1, 0.15) is 12.4 Å². The molecular weight excluding hydrogens is 460 g/mol. The van der Waals surface area contributed by atoms with Crippen LogP contribution in [0.3, 0.4) is 0 Å². The Hall–Kier alpha value is -3.16. The van der Waals surface area contributed by atoms with Gasteiger partial charge < -0.3 is 19.3 Å². The minimum atomic E-state index is -0.188. The van der Waals surface area contributed by atoms with Gasteiger partial charge >= 0.3 is 0 Å². The average molecular weight is 493 g/mol. The number of carbonyl (C=O) groups is 2. The van der Waals surface area contributed by atoms with Crippen molar-refractivity contribution in [1.29, 1.82) is 0 Å². The third-order valence-electron chi connectivity index (χ3n) is 6.29. The Bertz CT molecular complexity index is 1110. The highest BCUT2D eigenvalue weighted by Gasteiger charge is 2.33. The first-order valence-electron chi connectivity index (χ1n) is 11.9. The Labute approximate surface area is 211 Å². The summed E-state index contributed by atoms with van der Waals surface area (Å²) < 4.78 is 11.3. The number of fused-ring (bicyclic) bond motifs is 1. The van der Waals surface area contributed by atoms with E-state index >= 15 is 0 Å². The van der Waals surface area contributed by atoms with Gasteiger partial charge in [-0.15, -0.1) is 11.3 Å². The van der Waals surface area contributed by atoms with Crippen molar-refractivity contribution in [3.63, 3.8) is 0 Å². The number of aryl methyl sites for hydroxylation is 1. The lowest BCUT2D eigenvalue weighted by Gasteiger charge is -2.37. The summed E-state index contributed by atoms with van der Waals surface area (Å²) in [5.74, 6) is 0.629. The number of benzene rings is 2. The summed E-state index contributed by atoms with van der Waals surface area (Å²) in [6.07, 6.45) is 1.07. The van der Waals surface area contributed by atoms with Crippen molar-refractivity contribution in [2.24, 2.45) is 0 Å². The van der Waals surface area contributed by atoms with E-state index in [1.807, 2.05) is 66.4 Å². The molecular formula is C28H32N2O4S. The van der Waals surface area contributed by atoms with Crippen LogP contribution in [0, 0.1) is 6.92 Å². The number of rotatable bonds is 10. The van der Waals surface area contributed by atoms with Crippen LogP contribution >= 0.6 is 11.3 Å². The second-order valence-electron chi connectivity index (χ2n) is 8.75. The maximum atomic E-state index is 13.6. The van der Waals surface area contributed by atoms with Gasteiger partial charge in [-0.3, -0.25) is 9.59 Å². The maximum absolute atomic E-state index is 13.6. The summed E-state index contributed by atoms with van der Waals surface area (Å²) in [6.45, 7) is 3.79. The molecule has 6 nitrogen and oxygen atoms in total. The second kappa shape index (κ2) is 12.0. The summed E-state index contributed by atoms with van der Waals surface area (Å²) in [4.78, 5) is 31.4. The van der Waals surface area contributed by atoms with Crippen LogP contribution in [0.4, 0.5) is 0 Å². The minimum Gasteiger partial charge on any atom is -0.491 e. The molecule has 0 bridgehead atoms. The highest BCUT2D eigenvalue weighted by Crippen LogP contribution is 2.34. The first-order valence-corrected chi connectivity index (χ1v) is 12.8. The first kappa shape index (κ1) is 24.9. The van der Waals surface area contributed by atoms with E-state index in [9.17, 15) is 9.59 Å². The number of amides is 2. The van der Waals surface area contributed by atoms with E-state index in [1.165, 1.54) is 10.4 Å². The van der Waals surface area contributed by atoms with Crippen molar-refractivity contribution in [3.8, 4) is 5.75 Å². The molecule has 4 rings (SSSR count). The molecule has 35 heavy (non-hydrogen) atoms. The van der Waals surface area contributed by atoms with E-state index in [-0.39, 0.29) is 30.8 Å². The smallest absolute Gasteiger partial charge is 0.242 e. The molecule has 0 unspecified atom stereocenters. The van der Waals surface area contributed by atoms with Crippen LogP contribution in [0.5, 0.6) is 5.75 Å². The molecule has 1 atom stereocenters. The normalized spacial score (nSPS) is 14.9. The molecule has 3 aromatic rings. The summed E-state index contributed by atoms with van der Waals surface area (Å²) in [5.41, 5.74) is 3.24. The zero-order valence-electron chi connectivity index (χ0n) is 20.3. The van der Waals surface area contributed by atoms with Gasteiger partial charge in [0.05, 0.1) is 25.6 Å². The fraction of sp³-hybridized carbons (Fsp3) is 0.357. The molecule has 1 aliphatic rings. The quantitative estimate of drug-likeness (QED) is 0.424. The van der Waals surface area contributed by atoms with E-state index in [2.05, 4.69) is 11.4 Å². The fourth-order valence-electron chi connectivity index (χ4n) is 4.31. The lowest BCUT2D eigenvalue weighted by molar-refractivity contribution is -0.142. The molecule has 0 saturated heterocycles. The van der Waals surface area contributed by atoms with E-state index in [1.54, 1.807) is 23.3 Å². The second-order valence-corrected chi connectivity index (χ2v) is 9.75. The third-order valence-corrected chi connectivity index (χ3v) is 7.28. The molecule has 0 N–H and O–H groups in total. The lowest BCUT2D eigenvalue weighted by Crippen LogP contribution is -2.48. The minimum absolute atomic E-state index is 0.0233. The van der Waals surface area contributed by atoms with E-state index in [4.69, 9.17) is 9.47 Å². The van der Waals surface area contributed by atoms with Crippen LogP contribution in [-0.4, -0.2) is 61.6 Å². The lowest BCUT2D eigenvalue weighted by atomic mass is 10.0. The van der Waals surface area contributed by atoms with Crippen LogP contribution in [-0.2, 0) is 27.2 Å². The van der Waals surface area contributed by atoms with Crippen molar-refractivity contribution in [3.05, 3.63) is 87.6 Å². The number of methoxy groups -OCH3 is 1. The zero-order valence-corrected chi connectivity index (χ0v) is 21.1. The highest BCUT2D eigenvalue weighted by atomic mass is 32.1. The molecule has 2 aromatic carbocycles. The van der Waals surface area contributed by atoms with Gasteiger partial charge in [-0.25, -0.2) is 0 Å². The Kier molecular flexibility index (Phi) is 8.55. The van der Waals surface area contributed by atoms with E-state index < -0.39 is 0 Å².